The summed E-state index contributed by atoms with van der Waals surface area (Å²) in [7, 11) is 4.89. The van der Waals surface area contributed by atoms with E-state index in [4.69, 9.17) is 14.2 Å². The minimum Gasteiger partial charge on any atom is -0.497 e. The first-order valence-electron chi connectivity index (χ1n) is 6.58. The van der Waals surface area contributed by atoms with Gasteiger partial charge in [-0.1, -0.05) is 6.07 Å². The van der Waals surface area contributed by atoms with Gasteiger partial charge in [-0.3, -0.25) is 4.99 Å². The van der Waals surface area contributed by atoms with Crippen molar-refractivity contribution in [1.29, 1.82) is 0 Å². The molecule has 0 atom stereocenters. The number of rotatable bonds is 5. The molecule has 2 rings (SSSR count). The minimum absolute atomic E-state index is 0.690. The highest BCUT2D eigenvalue weighted by Gasteiger charge is 2.07. The van der Waals surface area contributed by atoms with E-state index in [1.807, 2.05) is 49.5 Å². The lowest BCUT2D eigenvalue weighted by atomic mass is 10.1. The molecule has 0 aromatic heterocycles. The van der Waals surface area contributed by atoms with E-state index in [1.165, 1.54) is 0 Å². The fourth-order valence-electron chi connectivity index (χ4n) is 1.97. The van der Waals surface area contributed by atoms with Gasteiger partial charge in [0.25, 0.3) is 0 Å². The predicted octanol–water partition coefficient (Wildman–Crippen LogP) is 3.77. The van der Waals surface area contributed by atoms with Gasteiger partial charge in [0.05, 0.1) is 27.0 Å². The van der Waals surface area contributed by atoms with Gasteiger partial charge < -0.3 is 14.2 Å². The molecule has 0 saturated heterocycles. The lowest BCUT2D eigenvalue weighted by Crippen LogP contribution is -1.95. The Morgan fingerprint density at radius 2 is 1.62 bits per heavy atom. The Bertz CT molecular complexity index is 650. The summed E-state index contributed by atoms with van der Waals surface area (Å²) in [4.78, 5) is 4.48. The first kappa shape index (κ1) is 14.9. The Morgan fingerprint density at radius 3 is 2.29 bits per heavy atom. The zero-order chi connectivity index (χ0) is 15.2. The number of hydrogen-bond acceptors (Lipinski definition) is 4. The zero-order valence-electron chi connectivity index (χ0n) is 12.7. The van der Waals surface area contributed by atoms with Gasteiger partial charge in [0, 0.05) is 12.3 Å². The molecule has 0 amide bonds. The van der Waals surface area contributed by atoms with Crippen LogP contribution >= 0.6 is 0 Å². The number of aryl methyl sites for hydroxylation is 1. The van der Waals surface area contributed by atoms with Crippen LogP contribution in [-0.4, -0.2) is 27.5 Å². The smallest absolute Gasteiger partial charge is 0.161 e. The Labute approximate surface area is 125 Å². The van der Waals surface area contributed by atoms with E-state index in [-0.39, 0.29) is 0 Å². The van der Waals surface area contributed by atoms with Crippen LogP contribution in [0.2, 0.25) is 0 Å². The molecule has 0 saturated carbocycles. The molecule has 21 heavy (non-hydrogen) atoms. The summed E-state index contributed by atoms with van der Waals surface area (Å²) < 4.78 is 15.8. The molecule has 4 heteroatoms. The molecule has 0 fully saturated rings. The van der Waals surface area contributed by atoms with Gasteiger partial charge in [-0.25, -0.2) is 0 Å². The molecule has 0 spiro atoms. The Hall–Kier alpha value is -2.49. The van der Waals surface area contributed by atoms with Gasteiger partial charge >= 0.3 is 0 Å². The highest BCUT2D eigenvalue weighted by atomic mass is 16.5. The van der Waals surface area contributed by atoms with Crippen molar-refractivity contribution in [3.05, 3.63) is 47.5 Å². The average molecular weight is 285 g/mol. The van der Waals surface area contributed by atoms with Crippen LogP contribution in [-0.2, 0) is 0 Å². The maximum atomic E-state index is 5.31. The third-order valence-electron chi connectivity index (χ3n) is 3.18. The lowest BCUT2D eigenvalue weighted by molar-refractivity contribution is 0.354. The summed E-state index contributed by atoms with van der Waals surface area (Å²) >= 11 is 0. The van der Waals surface area contributed by atoms with Gasteiger partial charge in [0.1, 0.15) is 5.75 Å². The Balaban J connectivity index is 2.31. The first-order valence-corrected chi connectivity index (χ1v) is 6.58. The number of benzene rings is 2. The van der Waals surface area contributed by atoms with Crippen molar-refractivity contribution in [3.63, 3.8) is 0 Å². The van der Waals surface area contributed by atoms with Crippen molar-refractivity contribution in [2.24, 2.45) is 4.99 Å². The third kappa shape index (κ3) is 3.54. The summed E-state index contributed by atoms with van der Waals surface area (Å²) in [6.45, 7) is 2.01. The number of nitrogens with zero attached hydrogens (tertiary/aromatic N) is 1. The number of hydrogen-bond donors (Lipinski definition) is 0. The summed E-state index contributed by atoms with van der Waals surface area (Å²) in [6, 6.07) is 11.5. The average Bonchev–Trinajstić information content (AvgIpc) is 2.53. The maximum Gasteiger partial charge on any atom is 0.161 e. The molecule has 4 nitrogen and oxygen atoms in total. The summed E-state index contributed by atoms with van der Waals surface area (Å²) in [5, 5.41) is 0. The molecule has 110 valence electrons. The third-order valence-corrected chi connectivity index (χ3v) is 3.18. The van der Waals surface area contributed by atoms with Crippen LogP contribution in [0.25, 0.3) is 0 Å². The number of methoxy groups -OCH3 is 3. The summed E-state index contributed by atoms with van der Waals surface area (Å²) in [6.07, 6.45) is 1.81. The zero-order valence-corrected chi connectivity index (χ0v) is 12.7. The van der Waals surface area contributed by atoms with Crippen molar-refractivity contribution in [2.75, 3.05) is 21.3 Å². The second kappa shape index (κ2) is 6.79. The van der Waals surface area contributed by atoms with E-state index < -0.39 is 0 Å². The number of ether oxygens (including phenoxy) is 3. The van der Waals surface area contributed by atoms with E-state index in [0.717, 1.165) is 22.6 Å². The van der Waals surface area contributed by atoms with Crippen LogP contribution in [0.15, 0.2) is 41.4 Å². The molecule has 0 unspecified atom stereocenters. The lowest BCUT2D eigenvalue weighted by Gasteiger charge is -2.10. The van der Waals surface area contributed by atoms with Crippen LogP contribution in [0, 0.1) is 6.92 Å². The van der Waals surface area contributed by atoms with Gasteiger partial charge in [0.2, 0.25) is 0 Å². The monoisotopic (exact) mass is 285 g/mol. The van der Waals surface area contributed by atoms with Crippen molar-refractivity contribution < 1.29 is 14.2 Å². The fourth-order valence-corrected chi connectivity index (χ4v) is 1.97. The quantitative estimate of drug-likeness (QED) is 0.785. The van der Waals surface area contributed by atoms with Crippen LogP contribution in [0.3, 0.4) is 0 Å². The Kier molecular flexibility index (Phi) is 4.82. The van der Waals surface area contributed by atoms with Crippen molar-refractivity contribution in [2.45, 2.75) is 6.92 Å². The van der Waals surface area contributed by atoms with E-state index in [1.54, 1.807) is 21.3 Å². The molecule has 0 aliphatic carbocycles. The van der Waals surface area contributed by atoms with Gasteiger partial charge in [0.15, 0.2) is 11.5 Å². The second-order valence-corrected chi connectivity index (χ2v) is 4.52. The van der Waals surface area contributed by atoms with Crippen molar-refractivity contribution >= 4 is 11.9 Å². The van der Waals surface area contributed by atoms with E-state index in [0.29, 0.717) is 11.5 Å². The molecule has 0 heterocycles. The molecule has 0 N–H and O–H groups in total. The molecular weight excluding hydrogens is 266 g/mol. The first-order chi connectivity index (χ1) is 10.2. The molecule has 2 aromatic rings. The van der Waals surface area contributed by atoms with Crippen molar-refractivity contribution in [3.8, 4) is 17.2 Å². The van der Waals surface area contributed by atoms with Crippen LogP contribution < -0.4 is 14.2 Å². The van der Waals surface area contributed by atoms with Crippen molar-refractivity contribution in [1.82, 2.24) is 0 Å². The molecule has 2 aromatic carbocycles. The highest BCUT2D eigenvalue weighted by molar-refractivity contribution is 5.85. The maximum absolute atomic E-state index is 5.31. The SMILES string of the molecule is COc1cccc(N=Cc2cc(OC)c(OC)cc2C)c1. The van der Waals surface area contributed by atoms with E-state index in [9.17, 15) is 0 Å². The largest absolute Gasteiger partial charge is 0.497 e. The molecular formula is C17H19NO3. The second-order valence-electron chi connectivity index (χ2n) is 4.52. The Morgan fingerprint density at radius 1 is 0.905 bits per heavy atom. The minimum atomic E-state index is 0.690. The predicted molar refractivity (Wildman–Crippen MR) is 84.5 cm³/mol. The molecule has 0 bridgehead atoms. The number of aliphatic imine (C=N–C) groups is 1. The van der Waals surface area contributed by atoms with Gasteiger partial charge in [-0.2, -0.15) is 0 Å². The van der Waals surface area contributed by atoms with Gasteiger partial charge in [-0.15, -0.1) is 0 Å². The van der Waals surface area contributed by atoms with Crippen LogP contribution in [0.5, 0.6) is 17.2 Å². The van der Waals surface area contributed by atoms with E-state index >= 15 is 0 Å². The molecule has 0 aliphatic rings. The summed E-state index contributed by atoms with van der Waals surface area (Å²) in [5.41, 5.74) is 2.89. The normalized spacial score (nSPS) is 10.7. The molecule has 0 radical (unpaired) electrons. The van der Waals surface area contributed by atoms with Gasteiger partial charge in [-0.05, 0) is 42.3 Å². The summed E-state index contributed by atoms with van der Waals surface area (Å²) in [5.74, 6) is 2.19. The standard InChI is InChI=1S/C17H19NO3/c1-12-8-16(20-3)17(21-4)9-13(12)11-18-14-6-5-7-15(10-14)19-2/h5-11H,1-4H3. The van der Waals surface area contributed by atoms with Crippen LogP contribution in [0.4, 0.5) is 5.69 Å². The topological polar surface area (TPSA) is 40.0 Å². The fraction of sp³-hybridized carbons (Fsp3) is 0.235. The highest BCUT2D eigenvalue weighted by Crippen LogP contribution is 2.30. The van der Waals surface area contributed by atoms with E-state index in [2.05, 4.69) is 4.99 Å². The van der Waals surface area contributed by atoms with Crippen LogP contribution in [0.1, 0.15) is 11.1 Å². The molecule has 0 aliphatic heterocycles.